The molecule has 8 N–H and O–H groups in total. The fraction of sp³-hybridized carbons (Fsp3) is 0.810. The Hall–Kier alpha value is -2.95. The van der Waals surface area contributed by atoms with Crippen molar-refractivity contribution in [3.63, 3.8) is 0 Å². The molecule has 8 saturated heterocycles. The highest BCUT2D eigenvalue weighted by Crippen LogP contribution is 2.41. The highest BCUT2D eigenvalue weighted by Gasteiger charge is 2.45. The number of rotatable bonds is 5. The molecule has 10 aliphatic rings. The van der Waals surface area contributed by atoms with Crippen molar-refractivity contribution in [2.24, 2.45) is 15.9 Å². The van der Waals surface area contributed by atoms with E-state index in [0.717, 1.165) is 76.1 Å². The van der Waals surface area contributed by atoms with Crippen LogP contribution in [0.15, 0.2) is 41.3 Å². The number of carbonyl (C=O) groups excluding carboxylic acids is 1. The summed E-state index contributed by atoms with van der Waals surface area (Å²) in [5.41, 5.74) is 9.06. The number of halogens is 3. The highest BCUT2D eigenvalue weighted by molar-refractivity contribution is 6.70. The van der Waals surface area contributed by atoms with Crippen LogP contribution in [0.3, 0.4) is 0 Å². The van der Waals surface area contributed by atoms with E-state index in [0.29, 0.717) is 63.4 Å². The number of ketones is 1. The lowest BCUT2D eigenvalue weighted by Gasteiger charge is -2.42. The molecule has 11 rings (SSSR count). The summed E-state index contributed by atoms with van der Waals surface area (Å²) >= 11 is 10.0. The summed E-state index contributed by atoms with van der Waals surface area (Å²) in [5, 5.41) is 22.4. The summed E-state index contributed by atoms with van der Waals surface area (Å²) in [6.07, 6.45) is 30.0. The molecule has 0 bridgehead atoms. The SMILES string of the molecule is C=CC(=C)O[Si](C)(C)C.CC1(C)CCC2C/C(=N/O)CCN21.CC1(C)CCC2CC(=O)CCN21.CC1(C)CCC2CC(N)CCN21.CC1(C)CCC2CC(Nc3nc(Cl)ncc3F)CCN21.CC1(C)CCC=N1.CC1(C)CCC=[NH+]1.ONCl.[OH-]. The van der Waals surface area contributed by atoms with Gasteiger partial charge < -0.3 is 31.4 Å². The van der Waals surface area contributed by atoms with Gasteiger partial charge in [-0.3, -0.25) is 29.4 Å². The van der Waals surface area contributed by atoms with Crippen molar-refractivity contribution >= 4 is 61.4 Å². The molecule has 1 aromatic heterocycles. The largest absolute Gasteiger partial charge is 0.870 e. The second-order valence-corrected chi connectivity index (χ2v) is 34.2. The molecule has 10 aliphatic heterocycles. The van der Waals surface area contributed by atoms with Crippen LogP contribution in [-0.4, -0.2) is 173 Å². The molecule has 6 atom stereocenters. The minimum atomic E-state index is -1.41. The van der Waals surface area contributed by atoms with Gasteiger partial charge in [-0.1, -0.05) is 18.3 Å². The fourth-order valence-corrected chi connectivity index (χ4v) is 14.8. The smallest absolute Gasteiger partial charge is 0.242 e. The summed E-state index contributed by atoms with van der Waals surface area (Å²) < 4.78 is 19.1. The average molecular weight is 1240 g/mol. The van der Waals surface area contributed by atoms with Gasteiger partial charge in [-0.2, -0.15) is 4.98 Å². The van der Waals surface area contributed by atoms with Crippen LogP contribution in [0.25, 0.3) is 0 Å². The third kappa shape index (κ3) is 24.2. The van der Waals surface area contributed by atoms with E-state index in [2.05, 4.69) is 184 Å². The second-order valence-electron chi connectivity index (χ2n) is 29.3. The van der Waals surface area contributed by atoms with Crippen LogP contribution in [0.4, 0.5) is 10.2 Å². The first-order valence-electron chi connectivity index (χ1n) is 31.2. The Balaban J connectivity index is 0.000000261. The van der Waals surface area contributed by atoms with Gasteiger partial charge in [-0.25, -0.2) is 14.4 Å². The van der Waals surface area contributed by atoms with Crippen molar-refractivity contribution in [2.75, 3.05) is 31.5 Å². The maximum atomic E-state index is 13.7. The number of hydrogen-bond donors (Lipinski definition) is 6. The minimum Gasteiger partial charge on any atom is -0.870 e. The maximum absolute atomic E-state index is 13.7. The van der Waals surface area contributed by atoms with E-state index in [-0.39, 0.29) is 28.2 Å². The molecule has 482 valence electrons. The average Bonchev–Trinajstić information content (AvgIpc) is 3.31. The van der Waals surface area contributed by atoms with E-state index in [1.54, 1.807) is 6.08 Å². The highest BCUT2D eigenvalue weighted by atomic mass is 35.5. The number of nitrogens with one attached hydrogen (secondary N) is 3. The summed E-state index contributed by atoms with van der Waals surface area (Å²) in [6.45, 7) is 45.2. The van der Waals surface area contributed by atoms with Crippen LogP contribution < -0.4 is 21.0 Å². The third-order valence-corrected chi connectivity index (χ3v) is 19.7. The number of allylic oxidation sites excluding steroid dienone is 1. The predicted octanol–water partition coefficient (Wildman–Crippen LogP) is 11.7. The fourth-order valence-electron chi connectivity index (χ4n) is 13.8. The molecule has 21 heteroatoms. The number of nitrogens with zero attached hydrogens (tertiary/aromatic N) is 8. The molecule has 0 aromatic carbocycles. The van der Waals surface area contributed by atoms with Gasteiger partial charge in [0, 0.05) is 135 Å². The molecule has 6 unspecified atom stereocenters. The number of Topliss-reactive ketones (excluding diaryl/α,β-unsaturated/α-hetero) is 1. The Labute approximate surface area is 518 Å². The van der Waals surface area contributed by atoms with Gasteiger partial charge in [0.15, 0.2) is 17.2 Å². The number of aliphatic imine (C=N–C) groups is 1. The molecule has 0 spiro atoms. The van der Waals surface area contributed by atoms with E-state index in [1.165, 1.54) is 101 Å². The quantitative estimate of drug-likeness (QED) is 0.0307. The number of oxime groups is 1. The lowest BCUT2D eigenvalue weighted by molar-refractivity contribution is -0.530. The molecule has 0 radical (unpaired) electrons. The molecule has 11 heterocycles. The molecule has 17 nitrogen and oxygen atoms in total. The van der Waals surface area contributed by atoms with Crippen molar-refractivity contribution in [3.8, 4) is 0 Å². The molecule has 0 aliphatic carbocycles. The van der Waals surface area contributed by atoms with Crippen LogP contribution in [0.2, 0.25) is 24.9 Å². The van der Waals surface area contributed by atoms with Crippen LogP contribution >= 0.6 is 23.4 Å². The normalized spacial score (nSPS) is 29.2. The maximum Gasteiger partial charge on any atom is 0.242 e. The first kappa shape index (κ1) is 75.3. The van der Waals surface area contributed by atoms with E-state index in [9.17, 15) is 9.18 Å². The summed E-state index contributed by atoms with van der Waals surface area (Å²) in [5.74, 6) is 0.937. The Morgan fingerprint density at radius 1 is 0.786 bits per heavy atom. The molecule has 0 saturated carbocycles. The number of piperidine rings is 4. The number of anilines is 1. The molecular weight excluding hydrogens is 1120 g/mol. The van der Waals surface area contributed by atoms with Crippen LogP contribution in [0, 0.1) is 5.82 Å². The summed E-state index contributed by atoms with van der Waals surface area (Å²) in [4.78, 5) is 37.8. The van der Waals surface area contributed by atoms with E-state index in [1.807, 2.05) is 6.21 Å². The predicted molar refractivity (Wildman–Crippen MR) is 347 cm³/mol. The van der Waals surface area contributed by atoms with Crippen LogP contribution in [0.5, 0.6) is 0 Å². The monoisotopic (exact) mass is 1240 g/mol. The van der Waals surface area contributed by atoms with Crippen LogP contribution in [0.1, 0.15) is 212 Å². The van der Waals surface area contributed by atoms with Gasteiger partial charge >= 0.3 is 0 Å². The first-order valence-corrected chi connectivity index (χ1v) is 35.3. The molecule has 1 aromatic rings. The number of nitrogens with two attached hydrogens (primary N) is 1. The van der Waals surface area contributed by atoms with E-state index in [4.69, 9.17) is 32.2 Å². The van der Waals surface area contributed by atoms with Gasteiger partial charge in [0.25, 0.3) is 0 Å². The first-order chi connectivity index (χ1) is 38.6. The van der Waals surface area contributed by atoms with Gasteiger partial charge in [0.1, 0.15) is 12.0 Å². The molecule has 0 amide bonds. The third-order valence-electron chi connectivity index (χ3n) is 18.6. The molecular formula is C63H115Cl2FN12O5Si. The topological polar surface area (TPSA) is 224 Å². The number of carbonyl (C=O) groups is 1. The van der Waals surface area contributed by atoms with Crippen molar-refractivity contribution in [2.45, 2.75) is 301 Å². The summed E-state index contributed by atoms with van der Waals surface area (Å²) in [7, 11) is -1.41. The molecule has 84 heavy (non-hydrogen) atoms. The van der Waals surface area contributed by atoms with Crippen LogP contribution in [-0.2, 0) is 9.22 Å². The Bertz CT molecular complexity index is 2290. The van der Waals surface area contributed by atoms with Crippen molar-refractivity contribution in [1.82, 2.24) is 34.6 Å². The zero-order valence-corrected chi connectivity index (χ0v) is 57.1. The lowest BCUT2D eigenvalue weighted by Crippen LogP contribution is -2.79. The van der Waals surface area contributed by atoms with Crippen molar-refractivity contribution < 1.29 is 34.5 Å². The summed E-state index contributed by atoms with van der Waals surface area (Å²) in [6, 6.07) is 3.32. The van der Waals surface area contributed by atoms with Gasteiger partial charge in [-0.15, -0.1) is 5.00 Å². The Kier molecular flexibility index (Phi) is 29.6. The zero-order valence-electron chi connectivity index (χ0n) is 54.6. The van der Waals surface area contributed by atoms with Gasteiger partial charge in [0.05, 0.1) is 23.2 Å². The standard InChI is InChI=1S/C14H20ClFN4.C10H18N2O.C10H20N2.C10H17NO.C7H14OSi.2C6H11N.ClH2NO.H2O/c1-14(2)5-3-10-7-9(4-6-20(10)14)18-12-11(16)8-17-13(15)19-12;1-10(2)5-3-9-7-8(11-13)4-6-12(9)10;1-10(2)5-3-9-7-8(11)4-6-12(9)10;1-10(2)5-3-8-7-9(12)4-6-11(8)10;1-6-7(2)8-9(3,4)5;2*1-6(2)4-3-5-7-6;1-2-3;/h8-10H,3-7H2,1-2H3,(H,17,18,19);9,13H,3-7H2,1-2H3;8-9H,3-7,11H2,1-2H3;8H,3-7H2,1-2H3;6H,1-2H2,3-5H3;2*5H,3-4H2,1-2H3;2-3H;1H2/b;11-8+;;;;;;;. The van der Waals surface area contributed by atoms with Crippen molar-refractivity contribution in [3.05, 3.63) is 42.3 Å². The number of hydrogen-bond acceptors (Lipinski definition) is 16. The van der Waals surface area contributed by atoms with Gasteiger partial charge in [-0.05, 0) is 217 Å². The van der Waals surface area contributed by atoms with Gasteiger partial charge in [0.2, 0.25) is 13.6 Å². The van der Waals surface area contributed by atoms with Crippen molar-refractivity contribution in [1.29, 1.82) is 0 Å². The zero-order chi connectivity index (χ0) is 62.2. The lowest BCUT2D eigenvalue weighted by atomic mass is 9.97. The second kappa shape index (κ2) is 33.0. The Morgan fingerprint density at radius 2 is 1.29 bits per heavy atom. The minimum absolute atomic E-state index is 0. The number of fused-ring (bicyclic) bond motifs is 4. The molecule has 8 fully saturated rings. The Morgan fingerprint density at radius 3 is 1.71 bits per heavy atom. The van der Waals surface area contributed by atoms with E-state index < -0.39 is 14.1 Å². The number of aromatic nitrogens is 2. The van der Waals surface area contributed by atoms with E-state index >= 15 is 0 Å².